The number of carbonyl (C=O) groups is 1. The first-order valence-electron chi connectivity index (χ1n) is 8.78. The van der Waals surface area contributed by atoms with Gasteiger partial charge in [-0.15, -0.1) is 11.6 Å². The number of halogens is 1. The molecule has 0 saturated carbocycles. The van der Waals surface area contributed by atoms with Gasteiger partial charge >= 0.3 is 0 Å². The van der Waals surface area contributed by atoms with E-state index in [1.54, 1.807) is 20.1 Å². The number of aromatic nitrogens is 1. The van der Waals surface area contributed by atoms with Crippen LogP contribution in [0.2, 0.25) is 0 Å². The van der Waals surface area contributed by atoms with Gasteiger partial charge in [0, 0.05) is 16.7 Å². The minimum Gasteiger partial charge on any atom is -0.495 e. The van der Waals surface area contributed by atoms with Gasteiger partial charge in [-0.1, -0.05) is 29.4 Å². The average Bonchev–Trinajstić information content (AvgIpc) is 3.12. The number of hydrogen-bond acceptors (Lipinski definition) is 4. The van der Waals surface area contributed by atoms with E-state index in [9.17, 15) is 4.79 Å². The molecule has 5 nitrogen and oxygen atoms in total. The van der Waals surface area contributed by atoms with Gasteiger partial charge in [0.2, 0.25) is 5.91 Å². The highest BCUT2D eigenvalue weighted by Gasteiger charge is 2.25. The van der Waals surface area contributed by atoms with Crippen molar-refractivity contribution in [3.63, 3.8) is 0 Å². The number of rotatable bonds is 4. The summed E-state index contributed by atoms with van der Waals surface area (Å²) >= 11 is 5.87. The number of fused-ring (bicyclic) bond motifs is 3. The number of nitrogens with zero attached hydrogens (tertiary/aromatic N) is 1. The van der Waals surface area contributed by atoms with Gasteiger partial charge in [-0.3, -0.25) is 4.79 Å². The van der Waals surface area contributed by atoms with E-state index >= 15 is 0 Å². The predicted octanol–water partition coefficient (Wildman–Crippen LogP) is 4.68. The predicted molar refractivity (Wildman–Crippen MR) is 105 cm³/mol. The van der Waals surface area contributed by atoms with Crippen LogP contribution in [0.3, 0.4) is 0 Å². The first-order chi connectivity index (χ1) is 13.1. The summed E-state index contributed by atoms with van der Waals surface area (Å²) in [6, 6.07) is 13.8. The van der Waals surface area contributed by atoms with Gasteiger partial charge in [-0.05, 0) is 43.5 Å². The van der Waals surface area contributed by atoms with Crippen LogP contribution in [0.1, 0.15) is 18.1 Å². The Kier molecular flexibility index (Phi) is 4.62. The third kappa shape index (κ3) is 3.19. The molecule has 4 rings (SSSR count). The summed E-state index contributed by atoms with van der Waals surface area (Å²) in [5.74, 6) is 0.986. The zero-order valence-electron chi connectivity index (χ0n) is 15.1. The maximum absolute atomic E-state index is 12.0. The smallest absolute Gasteiger partial charge is 0.242 e. The lowest BCUT2D eigenvalue weighted by molar-refractivity contribution is -0.115. The fourth-order valence-corrected chi connectivity index (χ4v) is 3.44. The molecule has 6 heteroatoms. The second kappa shape index (κ2) is 7.08. The number of nitrogens with one attached hydrogen (secondary N) is 1. The van der Waals surface area contributed by atoms with E-state index in [-0.39, 0.29) is 5.91 Å². The SMILES string of the molecule is COc1ccc(-c2onc3c2CCc2ccccc2-3)cc1NC(=O)[C@@H](C)Cl. The van der Waals surface area contributed by atoms with Crippen molar-refractivity contribution < 1.29 is 14.1 Å². The monoisotopic (exact) mass is 382 g/mol. The molecule has 3 aromatic rings. The lowest BCUT2D eigenvalue weighted by Crippen LogP contribution is -2.20. The quantitative estimate of drug-likeness (QED) is 0.665. The summed E-state index contributed by atoms with van der Waals surface area (Å²) in [6.45, 7) is 1.62. The molecule has 0 unspecified atom stereocenters. The van der Waals surface area contributed by atoms with Gasteiger partial charge in [0.1, 0.15) is 16.8 Å². The van der Waals surface area contributed by atoms with E-state index in [1.165, 1.54) is 5.56 Å². The van der Waals surface area contributed by atoms with E-state index in [1.807, 2.05) is 24.3 Å². The van der Waals surface area contributed by atoms with Gasteiger partial charge < -0.3 is 14.6 Å². The fourth-order valence-electron chi connectivity index (χ4n) is 3.39. The minimum atomic E-state index is -0.645. The largest absolute Gasteiger partial charge is 0.495 e. The normalized spacial score (nSPS) is 13.4. The topological polar surface area (TPSA) is 64.4 Å². The lowest BCUT2D eigenvalue weighted by Gasteiger charge is -2.15. The zero-order chi connectivity index (χ0) is 19.0. The fraction of sp³-hybridized carbons (Fsp3) is 0.238. The Balaban J connectivity index is 1.75. The lowest BCUT2D eigenvalue weighted by atomic mass is 9.88. The maximum atomic E-state index is 12.0. The molecule has 0 saturated heterocycles. The number of hydrogen-bond donors (Lipinski definition) is 1. The van der Waals surface area contributed by atoms with Crippen molar-refractivity contribution in [3.05, 3.63) is 53.6 Å². The molecule has 1 heterocycles. The van der Waals surface area contributed by atoms with E-state index in [2.05, 4.69) is 22.6 Å². The maximum Gasteiger partial charge on any atom is 0.242 e. The summed E-state index contributed by atoms with van der Waals surface area (Å²) < 4.78 is 11.1. The molecular formula is C21H19ClN2O3. The van der Waals surface area contributed by atoms with Crippen LogP contribution in [-0.4, -0.2) is 23.6 Å². The molecule has 0 spiro atoms. The van der Waals surface area contributed by atoms with Gasteiger partial charge in [-0.2, -0.15) is 0 Å². The van der Waals surface area contributed by atoms with Crippen LogP contribution in [0, 0.1) is 0 Å². The minimum absolute atomic E-state index is 0.291. The standard InChI is InChI=1S/C21H19ClN2O3/c1-12(22)21(25)23-17-11-14(8-10-18(17)26-2)20-16-9-7-13-5-3-4-6-15(13)19(16)24-27-20/h3-6,8,10-12H,7,9H2,1-2H3,(H,23,25)/t12-/m1/s1. The van der Waals surface area contributed by atoms with E-state index in [0.29, 0.717) is 11.4 Å². The van der Waals surface area contributed by atoms with Gasteiger partial charge in [-0.25, -0.2) is 0 Å². The Morgan fingerprint density at radius 2 is 2.07 bits per heavy atom. The number of carbonyl (C=O) groups excluding carboxylic acids is 1. The van der Waals surface area contributed by atoms with Gasteiger partial charge in [0.25, 0.3) is 0 Å². The summed E-state index contributed by atoms with van der Waals surface area (Å²) in [6.07, 6.45) is 1.80. The van der Waals surface area contributed by atoms with Crippen LogP contribution in [0.25, 0.3) is 22.6 Å². The Morgan fingerprint density at radius 3 is 2.85 bits per heavy atom. The molecule has 2 aromatic carbocycles. The van der Waals surface area contributed by atoms with Crippen molar-refractivity contribution in [1.29, 1.82) is 0 Å². The van der Waals surface area contributed by atoms with Crippen LogP contribution < -0.4 is 10.1 Å². The first-order valence-corrected chi connectivity index (χ1v) is 9.22. The van der Waals surface area contributed by atoms with E-state index in [0.717, 1.165) is 41.0 Å². The second-order valence-corrected chi connectivity index (χ2v) is 7.17. The number of methoxy groups -OCH3 is 1. The molecule has 1 amide bonds. The Hall–Kier alpha value is -2.79. The average molecular weight is 383 g/mol. The highest BCUT2D eigenvalue weighted by molar-refractivity contribution is 6.32. The highest BCUT2D eigenvalue weighted by Crippen LogP contribution is 2.40. The molecule has 27 heavy (non-hydrogen) atoms. The third-order valence-corrected chi connectivity index (χ3v) is 4.98. The number of ether oxygens (including phenoxy) is 1. The number of amides is 1. The van der Waals surface area contributed by atoms with Crippen molar-refractivity contribution >= 4 is 23.2 Å². The Labute approximate surface area is 162 Å². The van der Waals surface area contributed by atoms with E-state index < -0.39 is 5.38 Å². The summed E-state index contributed by atoms with van der Waals surface area (Å²) in [5, 5.41) is 6.48. The van der Waals surface area contributed by atoms with Crippen LogP contribution in [0.15, 0.2) is 47.0 Å². The molecule has 0 radical (unpaired) electrons. The molecule has 138 valence electrons. The molecular weight excluding hydrogens is 364 g/mol. The Bertz CT molecular complexity index is 1010. The summed E-state index contributed by atoms with van der Waals surface area (Å²) in [5.41, 5.74) is 5.76. The van der Waals surface area contributed by atoms with Crippen molar-refractivity contribution in [1.82, 2.24) is 5.16 Å². The van der Waals surface area contributed by atoms with Crippen molar-refractivity contribution in [2.75, 3.05) is 12.4 Å². The van der Waals surface area contributed by atoms with Crippen molar-refractivity contribution in [2.45, 2.75) is 25.1 Å². The molecule has 0 bridgehead atoms. The van der Waals surface area contributed by atoms with E-state index in [4.69, 9.17) is 20.9 Å². The number of alkyl halides is 1. The molecule has 1 atom stereocenters. The van der Waals surface area contributed by atoms with Crippen molar-refractivity contribution in [2.24, 2.45) is 0 Å². The molecule has 1 aliphatic rings. The van der Waals surface area contributed by atoms with Gasteiger partial charge in [0.15, 0.2) is 5.76 Å². The number of anilines is 1. The van der Waals surface area contributed by atoms with Crippen LogP contribution in [-0.2, 0) is 17.6 Å². The molecule has 0 fully saturated rings. The van der Waals surface area contributed by atoms with Crippen LogP contribution in [0.4, 0.5) is 5.69 Å². The van der Waals surface area contributed by atoms with Crippen LogP contribution >= 0.6 is 11.6 Å². The summed E-state index contributed by atoms with van der Waals surface area (Å²) in [7, 11) is 1.56. The molecule has 1 aliphatic carbocycles. The highest BCUT2D eigenvalue weighted by atomic mass is 35.5. The van der Waals surface area contributed by atoms with Crippen LogP contribution in [0.5, 0.6) is 5.75 Å². The second-order valence-electron chi connectivity index (χ2n) is 6.52. The molecule has 1 N–H and O–H groups in total. The molecule has 1 aromatic heterocycles. The number of benzene rings is 2. The Morgan fingerprint density at radius 1 is 1.26 bits per heavy atom. The zero-order valence-corrected chi connectivity index (χ0v) is 15.8. The van der Waals surface area contributed by atoms with Crippen molar-refractivity contribution in [3.8, 4) is 28.3 Å². The first kappa shape index (κ1) is 17.6. The molecule has 0 aliphatic heterocycles. The summed E-state index contributed by atoms with van der Waals surface area (Å²) in [4.78, 5) is 12.0. The third-order valence-electron chi connectivity index (χ3n) is 4.79. The van der Waals surface area contributed by atoms with Gasteiger partial charge in [0.05, 0.1) is 12.8 Å². The number of aryl methyl sites for hydroxylation is 1.